The Labute approximate surface area is 114 Å². The molecule has 0 fully saturated rings. The summed E-state index contributed by atoms with van der Waals surface area (Å²) in [6.45, 7) is 2.36. The van der Waals surface area contributed by atoms with Gasteiger partial charge < -0.3 is 5.32 Å². The second-order valence-corrected chi connectivity index (χ2v) is 5.31. The maximum absolute atomic E-state index is 13.6. The third-order valence-electron chi connectivity index (χ3n) is 2.78. The van der Waals surface area contributed by atoms with Gasteiger partial charge in [-0.15, -0.1) is 11.3 Å². The lowest BCUT2D eigenvalue weighted by Crippen LogP contribution is -2.18. The highest BCUT2D eigenvalue weighted by molar-refractivity contribution is 7.12. The van der Waals surface area contributed by atoms with E-state index in [1.807, 2.05) is 13.0 Å². The summed E-state index contributed by atoms with van der Waals surface area (Å²) in [5.74, 6) is -1.13. The van der Waals surface area contributed by atoms with Crippen LogP contribution in [0.15, 0.2) is 30.3 Å². The molecule has 0 saturated carbocycles. The summed E-state index contributed by atoms with van der Waals surface area (Å²) in [4.78, 5) is 1.66. The molecule has 0 spiro atoms. The fourth-order valence-corrected chi connectivity index (χ4v) is 2.51. The molecule has 0 amide bonds. The van der Waals surface area contributed by atoms with E-state index in [4.69, 9.17) is 5.26 Å². The number of rotatable bonds is 4. The van der Waals surface area contributed by atoms with Crippen LogP contribution in [0.4, 0.5) is 8.78 Å². The van der Waals surface area contributed by atoms with E-state index in [1.165, 1.54) is 23.5 Å². The van der Waals surface area contributed by atoms with Crippen LogP contribution >= 0.6 is 11.3 Å². The van der Waals surface area contributed by atoms with Gasteiger partial charge in [0.1, 0.15) is 22.6 Å². The molecule has 0 aliphatic heterocycles. The molecule has 1 aromatic carbocycles. The van der Waals surface area contributed by atoms with Crippen molar-refractivity contribution in [2.24, 2.45) is 0 Å². The zero-order valence-corrected chi connectivity index (χ0v) is 11.1. The van der Waals surface area contributed by atoms with Gasteiger partial charge in [0.15, 0.2) is 0 Å². The monoisotopic (exact) mass is 278 g/mol. The van der Waals surface area contributed by atoms with E-state index in [2.05, 4.69) is 11.4 Å². The van der Waals surface area contributed by atoms with Crippen molar-refractivity contribution in [1.29, 1.82) is 5.26 Å². The first kappa shape index (κ1) is 13.7. The Balaban J connectivity index is 2.01. The summed E-state index contributed by atoms with van der Waals surface area (Å²) in [6.07, 6.45) is 0. The molecule has 5 heteroatoms. The molecule has 1 N–H and O–H groups in total. The Morgan fingerprint density at radius 1 is 1.32 bits per heavy atom. The molecule has 0 aliphatic carbocycles. The minimum atomic E-state index is -0.578. The predicted octanol–water partition coefficient (Wildman–Crippen LogP) is 3.75. The van der Waals surface area contributed by atoms with E-state index in [1.54, 1.807) is 6.07 Å². The lowest BCUT2D eigenvalue weighted by atomic mass is 10.1. The number of hydrogen-bond donors (Lipinski definition) is 1. The van der Waals surface area contributed by atoms with Gasteiger partial charge in [-0.3, -0.25) is 0 Å². The molecular formula is C14H12F2N2S. The summed E-state index contributed by atoms with van der Waals surface area (Å²) in [6, 6.07) is 9.03. The van der Waals surface area contributed by atoms with Crippen LogP contribution < -0.4 is 5.32 Å². The van der Waals surface area contributed by atoms with Crippen molar-refractivity contribution < 1.29 is 8.78 Å². The number of thiophene rings is 1. The van der Waals surface area contributed by atoms with Gasteiger partial charge in [-0.2, -0.15) is 5.26 Å². The molecule has 98 valence electrons. The molecule has 0 bridgehead atoms. The predicted molar refractivity (Wildman–Crippen MR) is 70.6 cm³/mol. The topological polar surface area (TPSA) is 35.8 Å². The van der Waals surface area contributed by atoms with E-state index in [0.29, 0.717) is 17.0 Å². The van der Waals surface area contributed by atoms with Gasteiger partial charge in [0, 0.05) is 29.1 Å². The molecule has 1 atom stereocenters. The molecule has 0 aliphatic rings. The average Bonchev–Trinajstić information content (AvgIpc) is 2.84. The normalized spacial score (nSPS) is 12.1. The summed E-state index contributed by atoms with van der Waals surface area (Å²) < 4.78 is 26.4. The van der Waals surface area contributed by atoms with Gasteiger partial charge in [0.05, 0.1) is 0 Å². The van der Waals surface area contributed by atoms with E-state index < -0.39 is 11.6 Å². The van der Waals surface area contributed by atoms with Gasteiger partial charge in [0.25, 0.3) is 0 Å². The molecule has 1 unspecified atom stereocenters. The van der Waals surface area contributed by atoms with Crippen LogP contribution in [-0.2, 0) is 6.54 Å². The van der Waals surface area contributed by atoms with E-state index in [9.17, 15) is 8.78 Å². The summed E-state index contributed by atoms with van der Waals surface area (Å²) >= 11 is 1.40. The average molecular weight is 278 g/mol. The molecule has 2 rings (SSSR count). The molecule has 19 heavy (non-hydrogen) atoms. The van der Waals surface area contributed by atoms with Crippen LogP contribution in [0.25, 0.3) is 0 Å². The molecule has 1 aromatic heterocycles. The Bertz CT molecular complexity index is 616. The zero-order chi connectivity index (χ0) is 13.8. The Hall–Kier alpha value is -1.77. The van der Waals surface area contributed by atoms with Crippen molar-refractivity contribution in [1.82, 2.24) is 5.32 Å². The molecule has 1 heterocycles. The van der Waals surface area contributed by atoms with Crippen LogP contribution in [0.3, 0.4) is 0 Å². The third kappa shape index (κ3) is 3.37. The molecule has 0 saturated heterocycles. The molecule has 2 aromatic rings. The van der Waals surface area contributed by atoms with Gasteiger partial charge in [-0.1, -0.05) is 6.07 Å². The summed E-state index contributed by atoms with van der Waals surface area (Å²) in [7, 11) is 0. The van der Waals surface area contributed by atoms with Crippen LogP contribution in [0.1, 0.15) is 28.3 Å². The van der Waals surface area contributed by atoms with E-state index in [-0.39, 0.29) is 6.04 Å². The second-order valence-electron chi connectivity index (χ2n) is 4.15. The standard InChI is InChI=1S/C14H12F2N2S/c1-9(13-5-2-10(15)6-14(13)16)18-8-12-4-3-11(7-17)19-12/h2-6,9,18H,8H2,1H3. The van der Waals surface area contributed by atoms with Gasteiger partial charge in [0.2, 0.25) is 0 Å². The maximum Gasteiger partial charge on any atom is 0.130 e. The minimum absolute atomic E-state index is 0.228. The van der Waals surface area contributed by atoms with Crippen molar-refractivity contribution in [2.45, 2.75) is 19.5 Å². The second kappa shape index (κ2) is 5.91. The lowest BCUT2D eigenvalue weighted by molar-refractivity contribution is 0.519. The number of nitrogens with one attached hydrogen (secondary N) is 1. The van der Waals surface area contributed by atoms with Crippen molar-refractivity contribution in [3.05, 3.63) is 57.3 Å². The number of nitriles is 1. The lowest BCUT2D eigenvalue weighted by Gasteiger charge is -2.14. The van der Waals surface area contributed by atoms with Crippen molar-refractivity contribution >= 4 is 11.3 Å². The van der Waals surface area contributed by atoms with Crippen molar-refractivity contribution in [3.8, 4) is 6.07 Å². The zero-order valence-electron chi connectivity index (χ0n) is 10.3. The summed E-state index contributed by atoms with van der Waals surface area (Å²) in [5.41, 5.74) is 0.429. The first-order valence-electron chi connectivity index (χ1n) is 5.77. The quantitative estimate of drug-likeness (QED) is 0.924. The number of benzene rings is 1. The number of halogens is 2. The van der Waals surface area contributed by atoms with Gasteiger partial charge >= 0.3 is 0 Å². The largest absolute Gasteiger partial charge is 0.305 e. The Morgan fingerprint density at radius 3 is 2.74 bits per heavy atom. The Morgan fingerprint density at radius 2 is 2.11 bits per heavy atom. The van der Waals surface area contributed by atoms with Crippen molar-refractivity contribution in [2.75, 3.05) is 0 Å². The SMILES string of the molecule is CC(NCc1ccc(C#N)s1)c1ccc(F)cc1F. The van der Waals surface area contributed by atoms with Crippen molar-refractivity contribution in [3.63, 3.8) is 0 Å². The first-order valence-corrected chi connectivity index (χ1v) is 6.59. The number of hydrogen-bond acceptors (Lipinski definition) is 3. The summed E-state index contributed by atoms with van der Waals surface area (Å²) in [5, 5.41) is 11.9. The highest BCUT2D eigenvalue weighted by Gasteiger charge is 2.11. The molecule has 2 nitrogen and oxygen atoms in total. The van der Waals surface area contributed by atoms with Crippen LogP contribution in [0.5, 0.6) is 0 Å². The maximum atomic E-state index is 13.6. The molecular weight excluding hydrogens is 266 g/mol. The number of nitrogens with zero attached hydrogens (tertiary/aromatic N) is 1. The smallest absolute Gasteiger partial charge is 0.130 e. The fraction of sp³-hybridized carbons (Fsp3) is 0.214. The van der Waals surface area contributed by atoms with Gasteiger partial charge in [-0.05, 0) is 25.1 Å². The minimum Gasteiger partial charge on any atom is -0.305 e. The van der Waals surface area contributed by atoms with E-state index >= 15 is 0 Å². The molecule has 0 radical (unpaired) electrons. The van der Waals surface area contributed by atoms with Crippen LogP contribution in [0.2, 0.25) is 0 Å². The van der Waals surface area contributed by atoms with E-state index in [0.717, 1.165) is 10.9 Å². The fourth-order valence-electron chi connectivity index (χ4n) is 1.75. The van der Waals surface area contributed by atoms with Gasteiger partial charge in [-0.25, -0.2) is 8.78 Å². The van der Waals surface area contributed by atoms with Crippen LogP contribution in [-0.4, -0.2) is 0 Å². The van der Waals surface area contributed by atoms with Crippen LogP contribution in [0, 0.1) is 23.0 Å². The first-order chi connectivity index (χ1) is 9.10. The third-order valence-corrected chi connectivity index (χ3v) is 3.77. The highest BCUT2D eigenvalue weighted by atomic mass is 32.1. The highest BCUT2D eigenvalue weighted by Crippen LogP contribution is 2.20. The Kier molecular flexibility index (Phi) is 4.25.